The standard InChI is InChI=1S/C23H32N2O4/c1-16-9-11-24(12-10-16)22(18-5-7-19(29-4)8-6-18)21-20(26)15-17(2)25(23(21)27)13-14-28-3/h5-8,15-16,22,26H,9-14H2,1-4H3. The minimum absolute atomic E-state index is 0.0561. The van der Waals surface area contributed by atoms with E-state index in [1.807, 2.05) is 31.2 Å². The lowest BCUT2D eigenvalue weighted by Crippen LogP contribution is -2.40. The van der Waals surface area contributed by atoms with Crippen molar-refractivity contribution >= 4 is 0 Å². The largest absolute Gasteiger partial charge is 0.507 e. The first-order valence-electron chi connectivity index (χ1n) is 10.3. The quantitative estimate of drug-likeness (QED) is 0.772. The van der Waals surface area contributed by atoms with Crippen LogP contribution in [-0.2, 0) is 11.3 Å². The molecule has 158 valence electrons. The second kappa shape index (κ2) is 9.46. The molecule has 6 heteroatoms. The fourth-order valence-electron chi connectivity index (χ4n) is 4.12. The topological polar surface area (TPSA) is 63.9 Å². The van der Waals surface area contributed by atoms with E-state index in [1.54, 1.807) is 24.9 Å². The highest BCUT2D eigenvalue weighted by molar-refractivity contribution is 5.42. The van der Waals surface area contributed by atoms with Gasteiger partial charge in [-0.1, -0.05) is 19.1 Å². The highest BCUT2D eigenvalue weighted by Gasteiger charge is 2.31. The maximum Gasteiger partial charge on any atom is 0.259 e. The smallest absolute Gasteiger partial charge is 0.259 e. The van der Waals surface area contributed by atoms with Crippen LogP contribution in [0.5, 0.6) is 11.5 Å². The molecule has 1 N–H and O–H groups in total. The maximum atomic E-state index is 13.5. The van der Waals surface area contributed by atoms with Gasteiger partial charge in [-0.15, -0.1) is 0 Å². The Bertz CT molecular complexity index is 868. The molecule has 2 heterocycles. The van der Waals surface area contributed by atoms with Gasteiger partial charge in [-0.05, 0) is 62.5 Å². The molecule has 1 aliphatic heterocycles. The predicted molar refractivity (Wildman–Crippen MR) is 114 cm³/mol. The Kier molecular flexibility index (Phi) is 6.98. The molecule has 1 saturated heterocycles. The van der Waals surface area contributed by atoms with Crippen molar-refractivity contribution in [2.75, 3.05) is 33.9 Å². The molecule has 0 saturated carbocycles. The summed E-state index contributed by atoms with van der Waals surface area (Å²) in [5.41, 5.74) is 1.99. The van der Waals surface area contributed by atoms with Gasteiger partial charge in [0.2, 0.25) is 0 Å². The Morgan fingerprint density at radius 3 is 2.41 bits per heavy atom. The summed E-state index contributed by atoms with van der Waals surface area (Å²) in [6.45, 7) is 6.79. The second-order valence-corrected chi connectivity index (χ2v) is 7.93. The highest BCUT2D eigenvalue weighted by Crippen LogP contribution is 2.35. The monoisotopic (exact) mass is 400 g/mol. The summed E-state index contributed by atoms with van der Waals surface area (Å²) in [6.07, 6.45) is 2.16. The predicted octanol–water partition coefficient (Wildman–Crippen LogP) is 3.34. The van der Waals surface area contributed by atoms with Crippen LogP contribution in [0, 0.1) is 12.8 Å². The number of ether oxygens (including phenoxy) is 2. The minimum Gasteiger partial charge on any atom is -0.507 e. The third-order valence-electron chi connectivity index (χ3n) is 5.93. The van der Waals surface area contributed by atoms with Crippen LogP contribution in [0.15, 0.2) is 35.1 Å². The normalized spacial score (nSPS) is 16.7. The van der Waals surface area contributed by atoms with E-state index in [4.69, 9.17) is 9.47 Å². The Morgan fingerprint density at radius 1 is 1.17 bits per heavy atom. The third kappa shape index (κ3) is 4.65. The molecule has 1 aromatic carbocycles. The zero-order chi connectivity index (χ0) is 21.0. The fourth-order valence-corrected chi connectivity index (χ4v) is 4.12. The van der Waals surface area contributed by atoms with E-state index in [0.29, 0.717) is 24.6 Å². The molecular weight excluding hydrogens is 368 g/mol. The fraction of sp³-hybridized carbons (Fsp3) is 0.522. The lowest BCUT2D eigenvalue weighted by molar-refractivity contribution is 0.154. The molecule has 1 fully saturated rings. The summed E-state index contributed by atoms with van der Waals surface area (Å²) in [6, 6.07) is 9.18. The number of aromatic nitrogens is 1. The zero-order valence-corrected chi connectivity index (χ0v) is 17.9. The second-order valence-electron chi connectivity index (χ2n) is 7.93. The van der Waals surface area contributed by atoms with Crippen molar-refractivity contribution in [1.29, 1.82) is 0 Å². The van der Waals surface area contributed by atoms with Gasteiger partial charge in [-0.3, -0.25) is 9.69 Å². The molecule has 2 aromatic rings. The van der Waals surface area contributed by atoms with Crippen LogP contribution in [0.25, 0.3) is 0 Å². The molecule has 0 bridgehead atoms. The van der Waals surface area contributed by atoms with Gasteiger partial charge in [0.05, 0.1) is 25.3 Å². The van der Waals surface area contributed by atoms with Gasteiger partial charge in [0.15, 0.2) is 0 Å². The van der Waals surface area contributed by atoms with Crippen molar-refractivity contribution in [3.05, 3.63) is 57.5 Å². The number of piperidine rings is 1. The van der Waals surface area contributed by atoms with Crippen LogP contribution >= 0.6 is 0 Å². The summed E-state index contributed by atoms with van der Waals surface area (Å²) in [5.74, 6) is 1.50. The number of likely N-dealkylation sites (tertiary alicyclic amines) is 1. The van der Waals surface area contributed by atoms with Crippen LogP contribution in [0.2, 0.25) is 0 Å². The van der Waals surface area contributed by atoms with E-state index >= 15 is 0 Å². The highest BCUT2D eigenvalue weighted by atomic mass is 16.5. The molecular formula is C23H32N2O4. The van der Waals surface area contributed by atoms with Crippen LogP contribution in [-0.4, -0.2) is 48.5 Å². The van der Waals surface area contributed by atoms with Gasteiger partial charge in [-0.2, -0.15) is 0 Å². The zero-order valence-electron chi connectivity index (χ0n) is 17.9. The van der Waals surface area contributed by atoms with E-state index < -0.39 is 0 Å². The molecule has 1 unspecified atom stereocenters. The summed E-state index contributed by atoms with van der Waals surface area (Å²) in [5, 5.41) is 10.8. The van der Waals surface area contributed by atoms with Gasteiger partial charge in [0, 0.05) is 19.3 Å². The van der Waals surface area contributed by atoms with Crippen molar-refractivity contribution in [1.82, 2.24) is 9.47 Å². The summed E-state index contributed by atoms with van der Waals surface area (Å²) < 4.78 is 12.2. The lowest BCUT2D eigenvalue weighted by Gasteiger charge is -2.37. The number of methoxy groups -OCH3 is 2. The average Bonchev–Trinajstić information content (AvgIpc) is 2.72. The van der Waals surface area contributed by atoms with E-state index in [2.05, 4.69) is 11.8 Å². The van der Waals surface area contributed by atoms with Crippen molar-refractivity contribution in [2.45, 2.75) is 39.3 Å². The van der Waals surface area contributed by atoms with Gasteiger partial charge < -0.3 is 19.1 Å². The summed E-state index contributed by atoms with van der Waals surface area (Å²) in [7, 11) is 3.26. The number of pyridine rings is 1. The van der Waals surface area contributed by atoms with E-state index in [9.17, 15) is 9.90 Å². The number of aryl methyl sites for hydroxylation is 1. The maximum absolute atomic E-state index is 13.5. The number of aromatic hydroxyl groups is 1. The Morgan fingerprint density at radius 2 is 1.83 bits per heavy atom. The van der Waals surface area contributed by atoms with E-state index in [0.717, 1.165) is 42.9 Å². The first-order chi connectivity index (χ1) is 14.0. The van der Waals surface area contributed by atoms with Crippen molar-refractivity contribution in [3.63, 3.8) is 0 Å². The number of benzene rings is 1. The number of rotatable bonds is 7. The molecule has 0 amide bonds. The number of hydrogen-bond acceptors (Lipinski definition) is 5. The lowest BCUT2D eigenvalue weighted by atomic mass is 9.92. The number of nitrogens with zero attached hydrogens (tertiary/aromatic N) is 2. The average molecular weight is 401 g/mol. The molecule has 0 aliphatic carbocycles. The molecule has 3 rings (SSSR count). The number of hydrogen-bond donors (Lipinski definition) is 1. The van der Waals surface area contributed by atoms with Crippen LogP contribution in [0.4, 0.5) is 0 Å². The molecule has 6 nitrogen and oxygen atoms in total. The minimum atomic E-state index is -0.296. The molecule has 29 heavy (non-hydrogen) atoms. The Labute approximate surface area is 172 Å². The summed E-state index contributed by atoms with van der Waals surface area (Å²) >= 11 is 0. The van der Waals surface area contributed by atoms with Crippen LogP contribution < -0.4 is 10.3 Å². The van der Waals surface area contributed by atoms with Crippen molar-refractivity contribution in [3.8, 4) is 11.5 Å². The Balaban J connectivity index is 2.11. The first kappa shape index (κ1) is 21.4. The van der Waals surface area contributed by atoms with Gasteiger partial charge in [0.1, 0.15) is 11.5 Å². The molecule has 0 spiro atoms. The van der Waals surface area contributed by atoms with Crippen LogP contribution in [0.1, 0.15) is 42.6 Å². The first-order valence-corrected chi connectivity index (χ1v) is 10.3. The van der Waals surface area contributed by atoms with Crippen molar-refractivity contribution < 1.29 is 14.6 Å². The van der Waals surface area contributed by atoms with E-state index in [1.165, 1.54) is 0 Å². The van der Waals surface area contributed by atoms with Crippen molar-refractivity contribution in [2.24, 2.45) is 5.92 Å². The van der Waals surface area contributed by atoms with Gasteiger partial charge in [-0.25, -0.2) is 0 Å². The van der Waals surface area contributed by atoms with Gasteiger partial charge in [0.25, 0.3) is 5.56 Å². The SMILES string of the molecule is COCCn1c(C)cc(O)c(C(c2ccc(OC)cc2)N2CCC(C)CC2)c1=O. The molecule has 1 atom stereocenters. The third-order valence-corrected chi connectivity index (χ3v) is 5.93. The summed E-state index contributed by atoms with van der Waals surface area (Å²) in [4.78, 5) is 15.8. The van der Waals surface area contributed by atoms with Gasteiger partial charge >= 0.3 is 0 Å². The Hall–Kier alpha value is -2.31. The van der Waals surface area contributed by atoms with E-state index in [-0.39, 0.29) is 17.4 Å². The molecule has 1 aliphatic rings. The molecule has 1 aromatic heterocycles. The van der Waals surface area contributed by atoms with Crippen LogP contribution in [0.3, 0.4) is 0 Å². The molecule has 0 radical (unpaired) electrons.